The molecule has 1 heterocycles. The standard InChI is InChI=1S/C28H23Cl2N3O3S/c1-3-36-23-9-7-22(8-10-23)33-27(35)25(14-18-12-19(29)15-20(30)13-18)37-28(33)24(16-31)26(34)32-21-6-4-5-17(2)11-21/h4-13,15,25H,3,14H2,1-2H3,(H,32,34)/b28-24-. The van der Waals surface area contributed by atoms with E-state index in [0.717, 1.165) is 11.1 Å². The lowest BCUT2D eigenvalue weighted by Gasteiger charge is -2.19. The number of halogens is 2. The third kappa shape index (κ3) is 6.28. The Hall–Kier alpha value is -3.44. The van der Waals surface area contributed by atoms with Gasteiger partial charge in [0.1, 0.15) is 22.4 Å². The highest BCUT2D eigenvalue weighted by molar-refractivity contribution is 8.05. The zero-order chi connectivity index (χ0) is 26.5. The molecule has 0 aromatic heterocycles. The van der Waals surface area contributed by atoms with Crippen LogP contribution in [0.1, 0.15) is 18.1 Å². The summed E-state index contributed by atoms with van der Waals surface area (Å²) in [5.74, 6) is -0.193. The van der Waals surface area contributed by atoms with Crippen molar-refractivity contribution < 1.29 is 14.3 Å². The molecule has 9 heteroatoms. The summed E-state index contributed by atoms with van der Waals surface area (Å²) in [6, 6.07) is 21.4. The molecule has 4 rings (SSSR count). The maximum atomic E-state index is 13.7. The van der Waals surface area contributed by atoms with Crippen LogP contribution in [0.5, 0.6) is 5.75 Å². The van der Waals surface area contributed by atoms with Crippen LogP contribution in [-0.4, -0.2) is 23.7 Å². The summed E-state index contributed by atoms with van der Waals surface area (Å²) in [6.45, 7) is 4.30. The first-order valence-corrected chi connectivity index (χ1v) is 13.1. The Morgan fingerprint density at radius 3 is 2.43 bits per heavy atom. The van der Waals surface area contributed by atoms with Gasteiger partial charge in [0, 0.05) is 21.4 Å². The maximum absolute atomic E-state index is 13.7. The third-order valence-electron chi connectivity index (χ3n) is 5.53. The van der Waals surface area contributed by atoms with Crippen molar-refractivity contribution in [2.45, 2.75) is 25.5 Å². The Morgan fingerprint density at radius 1 is 1.11 bits per heavy atom. The Balaban J connectivity index is 1.73. The fraction of sp³-hybridized carbons (Fsp3) is 0.179. The Bertz CT molecular complexity index is 1400. The minimum atomic E-state index is -0.592. The van der Waals surface area contributed by atoms with E-state index in [0.29, 0.717) is 40.2 Å². The van der Waals surface area contributed by atoms with Crippen molar-refractivity contribution in [1.29, 1.82) is 5.26 Å². The lowest BCUT2D eigenvalue weighted by atomic mass is 10.1. The minimum absolute atomic E-state index is 0.152. The van der Waals surface area contributed by atoms with Gasteiger partial charge in [0.25, 0.3) is 5.91 Å². The van der Waals surface area contributed by atoms with Gasteiger partial charge in [-0.25, -0.2) is 0 Å². The van der Waals surface area contributed by atoms with Gasteiger partial charge >= 0.3 is 0 Å². The zero-order valence-electron chi connectivity index (χ0n) is 20.1. The van der Waals surface area contributed by atoms with Crippen molar-refractivity contribution in [1.82, 2.24) is 0 Å². The third-order valence-corrected chi connectivity index (χ3v) is 7.23. The van der Waals surface area contributed by atoms with E-state index in [9.17, 15) is 14.9 Å². The van der Waals surface area contributed by atoms with Crippen LogP contribution >= 0.6 is 35.0 Å². The molecular weight excluding hydrogens is 529 g/mol. The summed E-state index contributed by atoms with van der Waals surface area (Å²) in [6.07, 6.45) is 0.318. The molecule has 0 saturated carbocycles. The van der Waals surface area contributed by atoms with Crippen LogP contribution < -0.4 is 15.0 Å². The molecule has 0 aliphatic carbocycles. The number of rotatable bonds is 7. The van der Waals surface area contributed by atoms with Crippen LogP contribution in [0.25, 0.3) is 0 Å². The number of hydrogen-bond acceptors (Lipinski definition) is 5. The molecule has 3 aromatic rings. The van der Waals surface area contributed by atoms with Crippen LogP contribution in [0.3, 0.4) is 0 Å². The number of hydrogen-bond donors (Lipinski definition) is 1. The van der Waals surface area contributed by atoms with E-state index in [2.05, 4.69) is 5.32 Å². The normalized spacial score (nSPS) is 16.4. The van der Waals surface area contributed by atoms with E-state index >= 15 is 0 Å². The molecule has 1 N–H and O–H groups in total. The molecule has 1 aliphatic heterocycles. The topological polar surface area (TPSA) is 82.4 Å². The van der Waals surface area contributed by atoms with E-state index in [4.69, 9.17) is 27.9 Å². The first kappa shape index (κ1) is 26.6. The molecule has 1 unspecified atom stereocenters. The Kier molecular flexibility index (Phi) is 8.45. The second kappa shape index (κ2) is 11.7. The average Bonchev–Trinajstić information content (AvgIpc) is 3.15. The molecule has 0 spiro atoms. The number of nitrogens with one attached hydrogen (secondary N) is 1. The predicted molar refractivity (Wildman–Crippen MR) is 149 cm³/mol. The minimum Gasteiger partial charge on any atom is -0.494 e. The maximum Gasteiger partial charge on any atom is 0.269 e. The first-order valence-electron chi connectivity index (χ1n) is 11.5. The van der Waals surface area contributed by atoms with E-state index in [1.54, 1.807) is 54.6 Å². The molecule has 3 aromatic carbocycles. The number of benzene rings is 3. The van der Waals surface area contributed by atoms with Gasteiger partial charge < -0.3 is 10.1 Å². The molecule has 0 radical (unpaired) electrons. The number of aryl methyl sites for hydroxylation is 1. The van der Waals surface area contributed by atoms with E-state index in [-0.39, 0.29) is 16.5 Å². The number of carbonyl (C=O) groups excluding carboxylic acids is 2. The van der Waals surface area contributed by atoms with E-state index in [1.165, 1.54) is 16.7 Å². The van der Waals surface area contributed by atoms with Crippen molar-refractivity contribution in [3.63, 3.8) is 0 Å². The van der Waals surface area contributed by atoms with Gasteiger partial charge in [-0.15, -0.1) is 0 Å². The molecule has 1 fully saturated rings. The molecule has 6 nitrogen and oxygen atoms in total. The summed E-state index contributed by atoms with van der Waals surface area (Å²) in [5, 5.41) is 13.4. The lowest BCUT2D eigenvalue weighted by molar-refractivity contribution is -0.117. The molecule has 188 valence electrons. The SMILES string of the molecule is CCOc1ccc(N2C(=O)C(Cc3cc(Cl)cc(Cl)c3)S/C2=C(/C#N)C(=O)Nc2cccc(C)c2)cc1. The molecule has 37 heavy (non-hydrogen) atoms. The second-order valence-electron chi connectivity index (χ2n) is 8.30. The predicted octanol–water partition coefficient (Wildman–Crippen LogP) is 6.77. The monoisotopic (exact) mass is 551 g/mol. The first-order chi connectivity index (χ1) is 17.8. The summed E-state index contributed by atoms with van der Waals surface area (Å²) in [7, 11) is 0. The van der Waals surface area contributed by atoms with Crippen molar-refractivity contribution in [2.24, 2.45) is 0 Å². The molecular formula is C28H23Cl2N3O3S. The second-order valence-corrected chi connectivity index (χ2v) is 10.4. The van der Waals surface area contributed by atoms with E-state index < -0.39 is 11.2 Å². The van der Waals surface area contributed by atoms with Crippen LogP contribution in [0.2, 0.25) is 10.0 Å². The van der Waals surface area contributed by atoms with Crippen LogP contribution in [0.4, 0.5) is 11.4 Å². The number of amides is 2. The zero-order valence-corrected chi connectivity index (χ0v) is 22.5. The van der Waals surface area contributed by atoms with Gasteiger partial charge in [-0.1, -0.05) is 47.1 Å². The molecule has 1 aliphatic rings. The lowest BCUT2D eigenvalue weighted by Crippen LogP contribution is -2.30. The highest BCUT2D eigenvalue weighted by atomic mass is 35.5. The molecule has 1 saturated heterocycles. The molecule has 0 bridgehead atoms. The largest absolute Gasteiger partial charge is 0.494 e. The number of ether oxygens (including phenoxy) is 1. The fourth-order valence-electron chi connectivity index (χ4n) is 3.94. The summed E-state index contributed by atoms with van der Waals surface area (Å²) in [5.41, 5.74) is 2.68. The van der Waals surface area contributed by atoms with Crippen LogP contribution in [0.15, 0.2) is 77.3 Å². The van der Waals surface area contributed by atoms with Gasteiger partial charge in [0.2, 0.25) is 5.91 Å². The number of carbonyl (C=O) groups is 2. The van der Waals surface area contributed by atoms with Crippen LogP contribution in [-0.2, 0) is 16.0 Å². The fourth-order valence-corrected chi connectivity index (χ4v) is 5.82. The highest BCUT2D eigenvalue weighted by Crippen LogP contribution is 2.42. The van der Waals surface area contributed by atoms with Crippen molar-refractivity contribution in [3.05, 3.63) is 98.5 Å². The van der Waals surface area contributed by atoms with Crippen molar-refractivity contribution in [3.8, 4) is 11.8 Å². The highest BCUT2D eigenvalue weighted by Gasteiger charge is 2.41. The van der Waals surface area contributed by atoms with E-state index in [1.807, 2.05) is 32.0 Å². The number of nitrogens with zero attached hydrogens (tertiary/aromatic N) is 2. The molecule has 2 amide bonds. The Morgan fingerprint density at radius 2 is 1.81 bits per heavy atom. The van der Waals surface area contributed by atoms with Gasteiger partial charge in [-0.05, 0) is 86.0 Å². The smallest absolute Gasteiger partial charge is 0.269 e. The quantitative estimate of drug-likeness (QED) is 0.259. The number of thioether (sulfide) groups is 1. The average molecular weight is 552 g/mol. The van der Waals surface area contributed by atoms with Gasteiger partial charge in [0.15, 0.2) is 0 Å². The summed E-state index contributed by atoms with van der Waals surface area (Å²) < 4.78 is 5.52. The summed E-state index contributed by atoms with van der Waals surface area (Å²) in [4.78, 5) is 28.3. The van der Waals surface area contributed by atoms with Gasteiger partial charge in [-0.3, -0.25) is 14.5 Å². The van der Waals surface area contributed by atoms with Crippen LogP contribution in [0, 0.1) is 18.3 Å². The summed E-state index contributed by atoms with van der Waals surface area (Å²) >= 11 is 13.5. The number of anilines is 2. The van der Waals surface area contributed by atoms with Crippen molar-refractivity contribution >= 4 is 58.2 Å². The van der Waals surface area contributed by atoms with Gasteiger partial charge in [-0.2, -0.15) is 5.26 Å². The molecule has 1 atom stereocenters. The Labute approximate surface area is 229 Å². The number of nitriles is 1. The van der Waals surface area contributed by atoms with Crippen molar-refractivity contribution in [2.75, 3.05) is 16.8 Å². The van der Waals surface area contributed by atoms with Gasteiger partial charge in [0.05, 0.1) is 11.9 Å².